The van der Waals surface area contributed by atoms with Gasteiger partial charge in [-0.05, 0) is 43.2 Å². The quantitative estimate of drug-likeness (QED) is 0.528. The third kappa shape index (κ3) is 4.41. The first-order chi connectivity index (χ1) is 16.4. The Kier molecular flexibility index (Phi) is 6.29. The molecule has 1 aliphatic heterocycles. The number of hydrogen-bond donors (Lipinski definition) is 2. The minimum absolute atomic E-state index is 0.139. The summed E-state index contributed by atoms with van der Waals surface area (Å²) in [7, 11) is 0. The summed E-state index contributed by atoms with van der Waals surface area (Å²) in [5.41, 5.74) is 4.32. The molecule has 0 spiro atoms. The predicted molar refractivity (Wildman–Crippen MR) is 126 cm³/mol. The van der Waals surface area contributed by atoms with Crippen LogP contribution in [0.2, 0.25) is 0 Å². The molecule has 2 aliphatic carbocycles. The normalized spacial score (nSPS) is 20.6. The van der Waals surface area contributed by atoms with Crippen molar-refractivity contribution in [1.29, 1.82) is 0 Å². The molecule has 34 heavy (non-hydrogen) atoms. The lowest BCUT2D eigenvalue weighted by Crippen LogP contribution is -2.49. The maximum absolute atomic E-state index is 14.2. The zero-order valence-electron chi connectivity index (χ0n) is 19.6. The van der Waals surface area contributed by atoms with Crippen LogP contribution in [0.25, 0.3) is 0 Å². The molecular formula is C26H32F2N4O2. The Morgan fingerprint density at radius 2 is 1.97 bits per heavy atom. The Morgan fingerprint density at radius 1 is 1.18 bits per heavy atom. The Labute approximate surface area is 199 Å². The smallest absolute Gasteiger partial charge is 0.273 e. The Morgan fingerprint density at radius 3 is 2.68 bits per heavy atom. The van der Waals surface area contributed by atoms with E-state index in [4.69, 9.17) is 9.47 Å². The molecule has 6 nitrogen and oxygen atoms in total. The van der Waals surface area contributed by atoms with Gasteiger partial charge < -0.3 is 20.1 Å². The highest BCUT2D eigenvalue weighted by atomic mass is 19.3. The second kappa shape index (κ2) is 9.23. The molecule has 1 aromatic carbocycles. The van der Waals surface area contributed by atoms with Gasteiger partial charge in [-0.3, -0.25) is 0 Å². The van der Waals surface area contributed by atoms with Crippen LogP contribution in [0.15, 0.2) is 36.8 Å². The number of halogens is 2. The fraction of sp³-hybridized carbons (Fsp3) is 0.538. The monoisotopic (exact) mass is 470 g/mol. The molecule has 0 atom stereocenters. The molecule has 3 aliphatic rings. The second-order valence-corrected chi connectivity index (χ2v) is 9.55. The van der Waals surface area contributed by atoms with Crippen LogP contribution >= 0.6 is 0 Å². The average molecular weight is 471 g/mol. The van der Waals surface area contributed by atoms with E-state index < -0.39 is 12.2 Å². The van der Waals surface area contributed by atoms with E-state index in [-0.39, 0.29) is 17.5 Å². The molecule has 2 aromatic rings. The van der Waals surface area contributed by atoms with Crippen LogP contribution < -0.4 is 10.6 Å². The summed E-state index contributed by atoms with van der Waals surface area (Å²) < 4.78 is 40.1. The summed E-state index contributed by atoms with van der Waals surface area (Å²) >= 11 is 0. The Bertz CT molecular complexity index is 1060. The maximum atomic E-state index is 14.2. The lowest BCUT2D eigenvalue weighted by molar-refractivity contribution is -0.0446. The highest BCUT2D eigenvalue weighted by Gasteiger charge is 2.40. The van der Waals surface area contributed by atoms with Crippen molar-refractivity contribution in [2.45, 2.75) is 76.2 Å². The van der Waals surface area contributed by atoms with Gasteiger partial charge in [-0.15, -0.1) is 0 Å². The van der Waals surface area contributed by atoms with Crippen molar-refractivity contribution in [3.8, 4) is 0 Å². The number of aromatic nitrogens is 2. The number of anilines is 1. The van der Waals surface area contributed by atoms with Crippen LogP contribution in [-0.4, -0.2) is 28.7 Å². The lowest BCUT2D eigenvalue weighted by Gasteiger charge is -2.43. The van der Waals surface area contributed by atoms with Gasteiger partial charge in [-0.25, -0.2) is 18.7 Å². The van der Waals surface area contributed by atoms with Gasteiger partial charge in [0.1, 0.15) is 12.1 Å². The van der Waals surface area contributed by atoms with Crippen molar-refractivity contribution in [2.75, 3.05) is 18.5 Å². The van der Waals surface area contributed by atoms with Gasteiger partial charge >= 0.3 is 0 Å². The third-order valence-electron chi connectivity index (χ3n) is 7.44. The maximum Gasteiger partial charge on any atom is 0.273 e. The second-order valence-electron chi connectivity index (χ2n) is 9.55. The van der Waals surface area contributed by atoms with Crippen LogP contribution in [-0.2, 0) is 34.8 Å². The highest BCUT2D eigenvalue weighted by Crippen LogP contribution is 2.43. The Hall–Kier alpha value is -2.58. The molecule has 182 valence electrons. The van der Waals surface area contributed by atoms with Gasteiger partial charge in [0.15, 0.2) is 6.29 Å². The van der Waals surface area contributed by atoms with Crippen molar-refractivity contribution in [1.82, 2.24) is 15.3 Å². The van der Waals surface area contributed by atoms with E-state index in [1.54, 1.807) is 6.07 Å². The van der Waals surface area contributed by atoms with E-state index in [1.807, 2.05) is 6.07 Å². The molecule has 2 heterocycles. The first-order valence-corrected chi connectivity index (χ1v) is 12.2. The number of allylic oxidation sites excluding steroid dienone is 1. The zero-order valence-corrected chi connectivity index (χ0v) is 19.6. The van der Waals surface area contributed by atoms with E-state index in [1.165, 1.54) is 18.8 Å². The van der Waals surface area contributed by atoms with Crippen LogP contribution in [0.4, 0.5) is 14.6 Å². The molecule has 1 aromatic heterocycles. The first kappa shape index (κ1) is 23.2. The van der Waals surface area contributed by atoms with E-state index >= 15 is 0 Å². The van der Waals surface area contributed by atoms with Crippen molar-refractivity contribution in [3.05, 3.63) is 64.8 Å². The SMILES string of the molecule is C=C(Cc1ncnc(NCc2cccc3c2CCC3(F)F)c1C1OCCO1)NC1(CC)CCC1. The van der Waals surface area contributed by atoms with E-state index in [2.05, 4.69) is 34.1 Å². The van der Waals surface area contributed by atoms with Crippen molar-refractivity contribution in [3.63, 3.8) is 0 Å². The van der Waals surface area contributed by atoms with Crippen molar-refractivity contribution < 1.29 is 18.3 Å². The number of nitrogens with zero attached hydrogens (tertiary/aromatic N) is 2. The lowest BCUT2D eigenvalue weighted by atomic mass is 9.74. The topological polar surface area (TPSA) is 68.3 Å². The number of fused-ring (bicyclic) bond motifs is 1. The van der Waals surface area contributed by atoms with Gasteiger partial charge in [0.05, 0.1) is 24.5 Å². The minimum Gasteiger partial charge on any atom is -0.383 e. The zero-order chi connectivity index (χ0) is 23.8. The molecule has 5 rings (SSSR count). The van der Waals surface area contributed by atoms with Crippen LogP contribution in [0.3, 0.4) is 0 Å². The van der Waals surface area contributed by atoms with Crippen molar-refractivity contribution >= 4 is 5.82 Å². The number of alkyl halides is 2. The summed E-state index contributed by atoms with van der Waals surface area (Å²) in [5.74, 6) is -2.16. The van der Waals surface area contributed by atoms with Gasteiger partial charge in [0, 0.05) is 36.2 Å². The van der Waals surface area contributed by atoms with E-state index in [0.29, 0.717) is 38.4 Å². The number of rotatable bonds is 9. The largest absolute Gasteiger partial charge is 0.383 e. The molecule has 1 saturated carbocycles. The summed E-state index contributed by atoms with van der Waals surface area (Å²) in [5, 5.41) is 6.98. The number of nitrogens with one attached hydrogen (secondary N) is 2. The van der Waals surface area contributed by atoms with Crippen molar-refractivity contribution in [2.24, 2.45) is 0 Å². The average Bonchev–Trinajstić information content (AvgIpc) is 3.43. The summed E-state index contributed by atoms with van der Waals surface area (Å²) in [6.45, 7) is 7.84. The molecular weight excluding hydrogens is 438 g/mol. The van der Waals surface area contributed by atoms with Crippen LogP contribution in [0.1, 0.15) is 73.3 Å². The predicted octanol–water partition coefficient (Wildman–Crippen LogP) is 5.15. The number of hydrogen-bond acceptors (Lipinski definition) is 6. The molecule has 0 bridgehead atoms. The molecule has 8 heteroatoms. The fourth-order valence-electron chi connectivity index (χ4n) is 5.31. The summed E-state index contributed by atoms with van der Waals surface area (Å²) in [6.07, 6.45) is 6.33. The molecule has 1 saturated heterocycles. The molecule has 2 N–H and O–H groups in total. The first-order valence-electron chi connectivity index (χ1n) is 12.2. The van der Waals surface area contributed by atoms with Gasteiger partial charge in [0.25, 0.3) is 5.92 Å². The van der Waals surface area contributed by atoms with E-state index in [0.717, 1.165) is 47.3 Å². The fourth-order valence-corrected chi connectivity index (χ4v) is 5.31. The van der Waals surface area contributed by atoms with Crippen LogP contribution in [0.5, 0.6) is 0 Å². The highest BCUT2D eigenvalue weighted by molar-refractivity contribution is 5.50. The Balaban J connectivity index is 1.38. The third-order valence-corrected chi connectivity index (χ3v) is 7.44. The minimum atomic E-state index is -2.76. The molecule has 2 fully saturated rings. The number of benzene rings is 1. The van der Waals surface area contributed by atoms with Crippen LogP contribution in [0, 0.1) is 0 Å². The molecule has 0 amide bonds. The van der Waals surface area contributed by atoms with Gasteiger partial charge in [-0.2, -0.15) is 0 Å². The standard InChI is InChI=1S/C26H32F2N4O2/c1-3-25(9-5-10-25)32-17(2)14-21-22(24-33-12-13-34-24)23(31-16-30-21)29-15-18-6-4-7-20-19(18)8-11-26(20,27)28/h4,6-7,16,24,32H,2-3,5,8-15H2,1H3,(H,29,30,31). The number of ether oxygens (including phenoxy) is 2. The van der Waals surface area contributed by atoms with Gasteiger partial charge in [-0.1, -0.05) is 31.7 Å². The molecule has 0 unspecified atom stereocenters. The summed E-state index contributed by atoms with van der Waals surface area (Å²) in [6, 6.07) is 5.13. The van der Waals surface area contributed by atoms with Gasteiger partial charge in [0.2, 0.25) is 0 Å². The van der Waals surface area contributed by atoms with E-state index in [9.17, 15) is 8.78 Å². The summed E-state index contributed by atoms with van der Waals surface area (Å²) in [4.78, 5) is 9.01. The molecule has 0 radical (unpaired) electrons.